The van der Waals surface area contributed by atoms with Gasteiger partial charge in [-0.15, -0.1) is 0 Å². The number of carbonyl (C=O) groups excluding carboxylic acids is 2. The molecule has 0 saturated carbocycles. The summed E-state index contributed by atoms with van der Waals surface area (Å²) in [7, 11) is 1.27. The fourth-order valence-corrected chi connectivity index (χ4v) is 1.21. The maximum atomic E-state index is 11.2. The van der Waals surface area contributed by atoms with Crippen LogP contribution in [0.25, 0.3) is 0 Å². The molecule has 1 saturated heterocycles. The van der Waals surface area contributed by atoms with E-state index in [0.29, 0.717) is 6.61 Å². The van der Waals surface area contributed by atoms with Crippen LogP contribution in [-0.2, 0) is 19.1 Å². The number of hydrogen-bond acceptors (Lipinski definition) is 4. The van der Waals surface area contributed by atoms with Crippen molar-refractivity contribution in [3.8, 4) is 0 Å². The fourth-order valence-electron chi connectivity index (χ4n) is 1.21. The molecule has 1 aliphatic rings. The van der Waals surface area contributed by atoms with Crippen molar-refractivity contribution in [1.82, 2.24) is 0 Å². The Hall–Kier alpha value is -1.06. The standard InChI is InChI=1S/C8H12O4/c1-5-4-12-7(10)8(5,2)6(9)11-3/h5H,4H2,1-3H3. The van der Waals surface area contributed by atoms with Crippen molar-refractivity contribution in [1.29, 1.82) is 0 Å². The molecular formula is C8H12O4. The molecule has 1 rings (SSSR count). The molecule has 2 atom stereocenters. The minimum atomic E-state index is -1.10. The number of rotatable bonds is 1. The molecule has 12 heavy (non-hydrogen) atoms. The van der Waals surface area contributed by atoms with Gasteiger partial charge >= 0.3 is 11.9 Å². The van der Waals surface area contributed by atoms with Gasteiger partial charge in [0.15, 0.2) is 5.41 Å². The van der Waals surface area contributed by atoms with Crippen LogP contribution in [0.5, 0.6) is 0 Å². The van der Waals surface area contributed by atoms with Gasteiger partial charge in [-0.05, 0) is 6.92 Å². The Morgan fingerprint density at radius 2 is 2.33 bits per heavy atom. The highest BCUT2D eigenvalue weighted by atomic mass is 16.6. The molecule has 0 bridgehead atoms. The first kappa shape index (κ1) is 9.03. The topological polar surface area (TPSA) is 52.6 Å². The van der Waals surface area contributed by atoms with Gasteiger partial charge < -0.3 is 9.47 Å². The predicted octanol–water partition coefficient (Wildman–Crippen LogP) is 0.359. The molecule has 0 aromatic heterocycles. The lowest BCUT2D eigenvalue weighted by Gasteiger charge is -2.19. The number of carbonyl (C=O) groups is 2. The van der Waals surface area contributed by atoms with E-state index >= 15 is 0 Å². The zero-order valence-corrected chi connectivity index (χ0v) is 7.42. The molecule has 0 spiro atoms. The van der Waals surface area contributed by atoms with Crippen molar-refractivity contribution < 1.29 is 19.1 Å². The van der Waals surface area contributed by atoms with Gasteiger partial charge in [-0.3, -0.25) is 9.59 Å². The van der Waals surface area contributed by atoms with Crippen LogP contribution in [0.15, 0.2) is 0 Å². The molecule has 1 heterocycles. The summed E-state index contributed by atoms with van der Waals surface area (Å²) in [6, 6.07) is 0. The number of hydrogen-bond donors (Lipinski definition) is 0. The lowest BCUT2D eigenvalue weighted by atomic mass is 9.81. The summed E-state index contributed by atoms with van der Waals surface area (Å²) in [5.41, 5.74) is -1.10. The quantitative estimate of drug-likeness (QED) is 0.423. The zero-order valence-electron chi connectivity index (χ0n) is 7.42. The Morgan fingerprint density at radius 3 is 2.67 bits per heavy atom. The molecule has 0 aromatic rings. The highest BCUT2D eigenvalue weighted by molar-refractivity contribution is 6.01. The minimum absolute atomic E-state index is 0.113. The molecule has 4 nitrogen and oxygen atoms in total. The smallest absolute Gasteiger partial charge is 0.323 e. The van der Waals surface area contributed by atoms with Gasteiger partial charge in [-0.1, -0.05) is 6.92 Å². The van der Waals surface area contributed by atoms with E-state index in [1.54, 1.807) is 13.8 Å². The van der Waals surface area contributed by atoms with Crippen LogP contribution < -0.4 is 0 Å². The molecule has 2 unspecified atom stereocenters. The number of cyclic esters (lactones) is 1. The average Bonchev–Trinajstić information content (AvgIpc) is 2.32. The molecular weight excluding hydrogens is 160 g/mol. The maximum absolute atomic E-state index is 11.2. The van der Waals surface area contributed by atoms with E-state index < -0.39 is 17.4 Å². The summed E-state index contributed by atoms with van der Waals surface area (Å²) in [5, 5.41) is 0. The van der Waals surface area contributed by atoms with Crippen LogP contribution in [0.4, 0.5) is 0 Å². The molecule has 4 heteroatoms. The monoisotopic (exact) mass is 172 g/mol. The van der Waals surface area contributed by atoms with Crippen LogP contribution in [0.3, 0.4) is 0 Å². The summed E-state index contributed by atoms with van der Waals surface area (Å²) in [5.74, 6) is -1.11. The Morgan fingerprint density at radius 1 is 1.75 bits per heavy atom. The lowest BCUT2D eigenvalue weighted by molar-refractivity contribution is -0.162. The van der Waals surface area contributed by atoms with Crippen LogP contribution in [-0.4, -0.2) is 25.7 Å². The van der Waals surface area contributed by atoms with Crippen molar-refractivity contribution in [2.75, 3.05) is 13.7 Å². The van der Waals surface area contributed by atoms with Crippen LogP contribution in [0, 0.1) is 11.3 Å². The second-order valence-electron chi connectivity index (χ2n) is 3.19. The largest absolute Gasteiger partial charge is 0.468 e. The molecule has 1 fully saturated rings. The summed E-state index contributed by atoms with van der Waals surface area (Å²) in [4.78, 5) is 22.4. The van der Waals surface area contributed by atoms with Gasteiger partial charge in [-0.2, -0.15) is 0 Å². The van der Waals surface area contributed by atoms with E-state index in [1.807, 2.05) is 0 Å². The fraction of sp³-hybridized carbons (Fsp3) is 0.750. The van der Waals surface area contributed by atoms with Crippen LogP contribution in [0.2, 0.25) is 0 Å². The molecule has 0 amide bonds. The third-order valence-electron chi connectivity index (χ3n) is 2.48. The SMILES string of the molecule is COC(=O)C1(C)C(=O)OCC1C. The first-order valence-electron chi connectivity index (χ1n) is 3.79. The van der Waals surface area contributed by atoms with E-state index in [9.17, 15) is 9.59 Å². The van der Waals surface area contributed by atoms with E-state index in [-0.39, 0.29) is 5.92 Å². The summed E-state index contributed by atoms with van der Waals surface area (Å²) < 4.78 is 9.30. The second kappa shape index (κ2) is 2.77. The molecule has 68 valence electrons. The van der Waals surface area contributed by atoms with Crippen LogP contribution in [0.1, 0.15) is 13.8 Å². The Kier molecular flexibility index (Phi) is 2.08. The normalized spacial score (nSPS) is 34.6. The highest BCUT2D eigenvalue weighted by Gasteiger charge is 2.53. The summed E-state index contributed by atoms with van der Waals surface area (Å²) >= 11 is 0. The molecule has 0 radical (unpaired) electrons. The third kappa shape index (κ3) is 0.983. The summed E-state index contributed by atoms with van der Waals surface area (Å²) in [6.07, 6.45) is 0. The average molecular weight is 172 g/mol. The minimum Gasteiger partial charge on any atom is -0.468 e. The van der Waals surface area contributed by atoms with E-state index in [1.165, 1.54) is 7.11 Å². The van der Waals surface area contributed by atoms with Gasteiger partial charge in [0.1, 0.15) is 0 Å². The van der Waals surface area contributed by atoms with E-state index in [0.717, 1.165) is 0 Å². The Labute approximate surface area is 70.8 Å². The van der Waals surface area contributed by atoms with Gasteiger partial charge in [0, 0.05) is 5.92 Å². The Bertz CT molecular complexity index is 223. The number of esters is 2. The van der Waals surface area contributed by atoms with Crippen molar-refractivity contribution >= 4 is 11.9 Å². The number of methoxy groups -OCH3 is 1. The van der Waals surface area contributed by atoms with Crippen molar-refractivity contribution in [3.05, 3.63) is 0 Å². The Balaban J connectivity index is 2.94. The number of ether oxygens (including phenoxy) is 2. The maximum Gasteiger partial charge on any atom is 0.323 e. The molecule has 0 aromatic carbocycles. The zero-order chi connectivity index (χ0) is 9.35. The second-order valence-corrected chi connectivity index (χ2v) is 3.19. The first-order chi connectivity index (χ1) is 5.53. The molecule has 1 aliphatic heterocycles. The van der Waals surface area contributed by atoms with Gasteiger partial charge in [0.2, 0.25) is 0 Å². The summed E-state index contributed by atoms with van der Waals surface area (Å²) in [6.45, 7) is 3.64. The van der Waals surface area contributed by atoms with Crippen LogP contribution >= 0.6 is 0 Å². The lowest BCUT2D eigenvalue weighted by Crippen LogP contribution is -2.38. The predicted molar refractivity (Wildman–Crippen MR) is 40.2 cm³/mol. The van der Waals surface area contributed by atoms with Crippen molar-refractivity contribution in [3.63, 3.8) is 0 Å². The van der Waals surface area contributed by atoms with E-state index in [4.69, 9.17) is 4.74 Å². The molecule has 0 N–H and O–H groups in total. The van der Waals surface area contributed by atoms with E-state index in [2.05, 4.69) is 4.74 Å². The first-order valence-corrected chi connectivity index (χ1v) is 3.79. The van der Waals surface area contributed by atoms with Crippen molar-refractivity contribution in [2.45, 2.75) is 13.8 Å². The third-order valence-corrected chi connectivity index (χ3v) is 2.48. The van der Waals surface area contributed by atoms with Gasteiger partial charge in [-0.25, -0.2) is 0 Å². The van der Waals surface area contributed by atoms with Crippen molar-refractivity contribution in [2.24, 2.45) is 11.3 Å². The van der Waals surface area contributed by atoms with Gasteiger partial charge in [0.05, 0.1) is 13.7 Å². The highest BCUT2D eigenvalue weighted by Crippen LogP contribution is 2.35. The molecule has 0 aliphatic carbocycles. The van der Waals surface area contributed by atoms with Gasteiger partial charge in [0.25, 0.3) is 0 Å².